The fraction of sp³-hybridized carbons (Fsp3) is 0.800. The highest BCUT2D eigenvalue weighted by molar-refractivity contribution is 5.86. The highest BCUT2D eigenvalue weighted by Gasteiger charge is 2.31. The van der Waals surface area contributed by atoms with Crippen molar-refractivity contribution < 1.29 is 14.7 Å². The Morgan fingerprint density at radius 3 is 2.47 bits per heavy atom. The average Bonchev–Trinajstić information content (AvgIpc) is 2.77. The number of carbonyl (C=O) groups excluding carboxylic acids is 1. The van der Waals surface area contributed by atoms with Crippen molar-refractivity contribution in [2.24, 2.45) is 0 Å². The van der Waals surface area contributed by atoms with Crippen molar-refractivity contribution >= 4 is 11.9 Å². The van der Waals surface area contributed by atoms with Crippen LogP contribution in [0, 0.1) is 0 Å². The van der Waals surface area contributed by atoms with Gasteiger partial charge in [0.25, 0.3) is 0 Å². The Hall–Kier alpha value is -1.10. The third kappa shape index (κ3) is 3.51. The van der Waals surface area contributed by atoms with E-state index in [1.165, 1.54) is 13.8 Å². The van der Waals surface area contributed by atoms with Gasteiger partial charge in [-0.2, -0.15) is 0 Å². The van der Waals surface area contributed by atoms with Gasteiger partial charge in [0.1, 0.15) is 5.54 Å². The van der Waals surface area contributed by atoms with Crippen LogP contribution in [0.15, 0.2) is 0 Å². The largest absolute Gasteiger partial charge is 0.480 e. The number of nitrogens with one attached hydrogen (secondary N) is 1. The van der Waals surface area contributed by atoms with Gasteiger partial charge in [-0.15, -0.1) is 0 Å². The van der Waals surface area contributed by atoms with Crippen molar-refractivity contribution in [3.63, 3.8) is 0 Å². The monoisotopic (exact) mass is 214 g/mol. The van der Waals surface area contributed by atoms with E-state index in [4.69, 9.17) is 5.11 Å². The van der Waals surface area contributed by atoms with E-state index in [9.17, 15) is 9.59 Å². The first kappa shape index (κ1) is 12.0. The molecule has 5 nitrogen and oxygen atoms in total. The zero-order valence-electron chi connectivity index (χ0n) is 9.41. The molecule has 15 heavy (non-hydrogen) atoms. The Labute approximate surface area is 89.4 Å². The number of nitrogens with zero attached hydrogens (tertiary/aromatic N) is 1. The number of carboxylic acid groups (broad SMARTS) is 1. The summed E-state index contributed by atoms with van der Waals surface area (Å²) in [5.74, 6) is -1.22. The number of hydrogen-bond acceptors (Lipinski definition) is 3. The Balaban J connectivity index is 2.26. The average molecular weight is 214 g/mol. The lowest BCUT2D eigenvalue weighted by molar-refractivity contribution is -0.146. The van der Waals surface area contributed by atoms with Crippen molar-refractivity contribution in [2.45, 2.75) is 38.8 Å². The molecule has 0 bridgehead atoms. The van der Waals surface area contributed by atoms with Gasteiger partial charge in [-0.1, -0.05) is 0 Å². The van der Waals surface area contributed by atoms with Crippen LogP contribution in [-0.2, 0) is 9.59 Å². The Morgan fingerprint density at radius 1 is 1.53 bits per heavy atom. The van der Waals surface area contributed by atoms with Crippen molar-refractivity contribution in [2.75, 3.05) is 13.1 Å². The van der Waals surface area contributed by atoms with Crippen molar-refractivity contribution in [1.82, 2.24) is 10.2 Å². The van der Waals surface area contributed by atoms with Crippen molar-refractivity contribution in [1.29, 1.82) is 0 Å². The van der Waals surface area contributed by atoms with Crippen LogP contribution in [0.1, 0.15) is 27.2 Å². The van der Waals surface area contributed by atoms with Gasteiger partial charge in [0.05, 0.1) is 0 Å². The van der Waals surface area contributed by atoms with Crippen LogP contribution >= 0.6 is 0 Å². The van der Waals surface area contributed by atoms with Gasteiger partial charge in [-0.3, -0.25) is 9.69 Å². The van der Waals surface area contributed by atoms with Gasteiger partial charge < -0.3 is 10.4 Å². The minimum Gasteiger partial charge on any atom is -0.480 e. The third-order valence-electron chi connectivity index (χ3n) is 2.60. The first-order valence-corrected chi connectivity index (χ1v) is 5.11. The zero-order chi connectivity index (χ0) is 11.6. The topological polar surface area (TPSA) is 69.4 Å². The lowest BCUT2D eigenvalue weighted by Gasteiger charge is -2.20. The van der Waals surface area contributed by atoms with Gasteiger partial charge in [0.2, 0.25) is 5.91 Å². The normalized spacial score (nSPS) is 24.7. The molecular weight excluding hydrogens is 196 g/mol. The Bertz CT molecular complexity index is 276. The van der Waals surface area contributed by atoms with E-state index in [1.807, 2.05) is 0 Å². The fourth-order valence-corrected chi connectivity index (χ4v) is 1.31. The molecule has 1 fully saturated rings. The first-order valence-electron chi connectivity index (χ1n) is 5.11. The molecule has 5 heteroatoms. The highest BCUT2D eigenvalue weighted by atomic mass is 16.4. The SMILES string of the molecule is CC1CN1CCC(=O)NC(C)(C)C(=O)O. The summed E-state index contributed by atoms with van der Waals surface area (Å²) in [5, 5.41) is 11.3. The summed E-state index contributed by atoms with van der Waals surface area (Å²) in [6.07, 6.45) is 0.362. The summed E-state index contributed by atoms with van der Waals surface area (Å²) < 4.78 is 0. The molecule has 0 radical (unpaired) electrons. The van der Waals surface area contributed by atoms with E-state index in [-0.39, 0.29) is 5.91 Å². The standard InChI is InChI=1S/C10H18N2O3/c1-7-6-12(7)5-4-8(13)11-10(2,3)9(14)15/h7H,4-6H2,1-3H3,(H,11,13)(H,14,15). The van der Waals surface area contributed by atoms with E-state index in [0.29, 0.717) is 19.0 Å². The van der Waals surface area contributed by atoms with Crippen LogP contribution in [0.2, 0.25) is 0 Å². The first-order chi connectivity index (χ1) is 6.83. The maximum absolute atomic E-state index is 11.4. The predicted molar refractivity (Wildman–Crippen MR) is 55.5 cm³/mol. The molecule has 2 unspecified atom stereocenters. The molecule has 2 atom stereocenters. The van der Waals surface area contributed by atoms with Crippen LogP contribution in [0.3, 0.4) is 0 Å². The summed E-state index contributed by atoms with van der Waals surface area (Å²) in [7, 11) is 0. The predicted octanol–water partition coefficient (Wildman–Crippen LogP) is 0.0600. The molecule has 0 aromatic carbocycles. The van der Waals surface area contributed by atoms with Gasteiger partial charge in [0, 0.05) is 25.6 Å². The smallest absolute Gasteiger partial charge is 0.328 e. The molecule has 1 aliphatic heterocycles. The highest BCUT2D eigenvalue weighted by Crippen LogP contribution is 2.15. The summed E-state index contributed by atoms with van der Waals surface area (Å²) in [4.78, 5) is 24.3. The lowest BCUT2D eigenvalue weighted by atomic mass is 10.1. The van der Waals surface area contributed by atoms with Gasteiger partial charge in [-0.25, -0.2) is 4.79 Å². The zero-order valence-corrected chi connectivity index (χ0v) is 9.41. The molecule has 0 aromatic rings. The quantitative estimate of drug-likeness (QED) is 0.635. The molecule has 2 N–H and O–H groups in total. The van der Waals surface area contributed by atoms with Crippen LogP contribution < -0.4 is 5.32 Å². The summed E-state index contributed by atoms with van der Waals surface area (Å²) >= 11 is 0. The number of hydrogen-bond donors (Lipinski definition) is 2. The summed E-state index contributed by atoms with van der Waals surface area (Å²) in [6, 6.07) is 0.574. The number of aliphatic carboxylic acids is 1. The second-order valence-corrected chi connectivity index (χ2v) is 4.57. The molecule has 0 spiro atoms. The maximum atomic E-state index is 11.4. The molecule has 0 aliphatic carbocycles. The second kappa shape index (κ2) is 4.18. The van der Waals surface area contributed by atoms with Crippen LogP contribution in [0.4, 0.5) is 0 Å². The summed E-state index contributed by atoms with van der Waals surface area (Å²) in [6.45, 7) is 6.80. The van der Waals surface area contributed by atoms with E-state index < -0.39 is 11.5 Å². The third-order valence-corrected chi connectivity index (χ3v) is 2.60. The second-order valence-electron chi connectivity index (χ2n) is 4.57. The van der Waals surface area contributed by atoms with Crippen molar-refractivity contribution in [3.8, 4) is 0 Å². The lowest BCUT2D eigenvalue weighted by Crippen LogP contribution is -2.49. The molecule has 1 rings (SSSR count). The maximum Gasteiger partial charge on any atom is 0.328 e. The number of rotatable bonds is 5. The van der Waals surface area contributed by atoms with Crippen LogP contribution in [0.25, 0.3) is 0 Å². The van der Waals surface area contributed by atoms with E-state index in [2.05, 4.69) is 17.1 Å². The molecule has 1 amide bonds. The number of carboxylic acids is 1. The van der Waals surface area contributed by atoms with Gasteiger partial charge in [-0.05, 0) is 20.8 Å². The van der Waals surface area contributed by atoms with Crippen LogP contribution in [-0.4, -0.2) is 46.6 Å². The summed E-state index contributed by atoms with van der Waals surface area (Å²) in [5.41, 5.74) is -1.18. The minimum atomic E-state index is -1.18. The molecule has 1 heterocycles. The van der Waals surface area contributed by atoms with Gasteiger partial charge in [0.15, 0.2) is 0 Å². The minimum absolute atomic E-state index is 0.207. The molecule has 0 aromatic heterocycles. The van der Waals surface area contributed by atoms with Crippen LogP contribution in [0.5, 0.6) is 0 Å². The molecule has 0 saturated carbocycles. The molecule has 1 saturated heterocycles. The Kier molecular flexibility index (Phi) is 3.34. The van der Waals surface area contributed by atoms with E-state index in [0.717, 1.165) is 6.54 Å². The molecule has 1 aliphatic rings. The van der Waals surface area contributed by atoms with E-state index >= 15 is 0 Å². The number of carbonyl (C=O) groups is 2. The molecular formula is C10H18N2O3. The fourth-order valence-electron chi connectivity index (χ4n) is 1.31. The molecule has 86 valence electrons. The van der Waals surface area contributed by atoms with Crippen molar-refractivity contribution in [3.05, 3.63) is 0 Å². The van der Waals surface area contributed by atoms with Gasteiger partial charge >= 0.3 is 5.97 Å². The number of amides is 1. The Morgan fingerprint density at radius 2 is 2.07 bits per heavy atom. The van der Waals surface area contributed by atoms with E-state index in [1.54, 1.807) is 0 Å².